The number of carbonyl (C=O) groups is 1. The van der Waals surface area contributed by atoms with E-state index < -0.39 is 20.9 Å². The van der Waals surface area contributed by atoms with Gasteiger partial charge < -0.3 is 4.42 Å². The Labute approximate surface area is 166 Å². The smallest absolute Gasteiger partial charge is 0.269 e. The highest BCUT2D eigenvalue weighted by molar-refractivity contribution is 7.90. The minimum absolute atomic E-state index is 0.156. The number of aryl methyl sites for hydroxylation is 2. The van der Waals surface area contributed by atoms with Crippen molar-refractivity contribution in [3.05, 3.63) is 75.7 Å². The van der Waals surface area contributed by atoms with Crippen LogP contribution in [-0.4, -0.2) is 24.2 Å². The van der Waals surface area contributed by atoms with Crippen molar-refractivity contribution in [2.45, 2.75) is 25.2 Å². The van der Waals surface area contributed by atoms with E-state index in [1.54, 1.807) is 19.1 Å². The van der Waals surface area contributed by atoms with Gasteiger partial charge in [0.05, 0.1) is 21.9 Å². The van der Waals surface area contributed by atoms with Crippen LogP contribution in [0.1, 0.15) is 17.0 Å². The summed E-state index contributed by atoms with van der Waals surface area (Å²) in [4.78, 5) is 26.5. The molecule has 10 heteroatoms. The number of aromatic nitrogens is 1. The fourth-order valence-corrected chi connectivity index (χ4v) is 3.95. The van der Waals surface area contributed by atoms with Gasteiger partial charge in [0.25, 0.3) is 15.7 Å². The molecule has 9 nitrogen and oxygen atoms in total. The number of benzene rings is 2. The first kappa shape index (κ1) is 20.2. The van der Waals surface area contributed by atoms with Gasteiger partial charge in [-0.1, -0.05) is 18.2 Å². The van der Waals surface area contributed by atoms with Crippen LogP contribution in [0.3, 0.4) is 0 Å². The van der Waals surface area contributed by atoms with Crippen molar-refractivity contribution >= 4 is 21.6 Å². The average Bonchev–Trinajstić information content (AvgIpc) is 3.02. The van der Waals surface area contributed by atoms with Crippen molar-refractivity contribution in [1.29, 1.82) is 0 Å². The predicted octanol–water partition coefficient (Wildman–Crippen LogP) is 2.91. The summed E-state index contributed by atoms with van der Waals surface area (Å²) in [6.07, 6.45) is -0.298. The number of nitro benzene ring substituents is 1. The number of sulfonamides is 1. The topological polar surface area (TPSA) is 132 Å². The number of rotatable bonds is 6. The van der Waals surface area contributed by atoms with Crippen molar-refractivity contribution in [2.24, 2.45) is 0 Å². The van der Waals surface area contributed by atoms with Crippen molar-refractivity contribution < 1.29 is 22.6 Å². The minimum atomic E-state index is -4.19. The second kappa shape index (κ2) is 7.84. The second-order valence-corrected chi connectivity index (χ2v) is 7.95. The van der Waals surface area contributed by atoms with Gasteiger partial charge in [-0.25, -0.2) is 18.1 Å². The summed E-state index contributed by atoms with van der Waals surface area (Å²) < 4.78 is 32.5. The van der Waals surface area contributed by atoms with E-state index in [0.29, 0.717) is 17.3 Å². The summed E-state index contributed by atoms with van der Waals surface area (Å²) >= 11 is 0. The molecular formula is C19H17N3O6S. The van der Waals surface area contributed by atoms with Crippen molar-refractivity contribution in [2.75, 3.05) is 0 Å². The van der Waals surface area contributed by atoms with Crippen molar-refractivity contribution in [3.8, 4) is 11.5 Å². The highest BCUT2D eigenvalue weighted by Crippen LogP contribution is 2.23. The number of non-ortho nitro benzene ring substituents is 1. The molecule has 0 radical (unpaired) electrons. The largest absolute Gasteiger partial charge is 0.441 e. The molecule has 0 unspecified atom stereocenters. The average molecular weight is 415 g/mol. The molecule has 1 aromatic heterocycles. The molecule has 1 N–H and O–H groups in total. The Balaban J connectivity index is 1.77. The lowest BCUT2D eigenvalue weighted by Crippen LogP contribution is -2.32. The normalized spacial score (nSPS) is 11.2. The number of nitrogens with one attached hydrogen (secondary N) is 1. The Morgan fingerprint density at radius 2 is 1.86 bits per heavy atom. The molecule has 0 aliphatic rings. The number of carbonyl (C=O) groups excluding carboxylic acids is 1. The molecule has 29 heavy (non-hydrogen) atoms. The summed E-state index contributed by atoms with van der Waals surface area (Å²) in [5.41, 5.74) is 0.969. The van der Waals surface area contributed by atoms with Gasteiger partial charge in [-0.05, 0) is 37.6 Å². The molecule has 0 saturated heterocycles. The summed E-state index contributed by atoms with van der Waals surface area (Å²) in [5.74, 6) is -0.0540. The maximum Gasteiger partial charge on any atom is 0.269 e. The van der Waals surface area contributed by atoms with Crippen molar-refractivity contribution in [3.63, 3.8) is 0 Å². The summed E-state index contributed by atoms with van der Waals surface area (Å²) in [6.45, 7) is 3.05. The molecule has 3 rings (SSSR count). The Kier molecular flexibility index (Phi) is 5.46. The lowest BCUT2D eigenvalue weighted by atomic mass is 10.2. The molecule has 0 fully saturated rings. The standard InChI is InChI=1S/C19H17N3O6S/c1-12-10-15(22(24)25)8-9-17(12)29(26,27)21-18(23)11-16-13(2)28-19(20-16)14-6-4-3-5-7-14/h3-10H,11H2,1-2H3,(H,21,23). The molecule has 0 bridgehead atoms. The zero-order valence-electron chi connectivity index (χ0n) is 15.6. The Morgan fingerprint density at radius 3 is 2.48 bits per heavy atom. The van der Waals surface area contributed by atoms with E-state index >= 15 is 0 Å². The molecule has 0 aliphatic heterocycles. The van der Waals surface area contributed by atoms with Gasteiger partial charge in [-0.3, -0.25) is 14.9 Å². The highest BCUT2D eigenvalue weighted by Gasteiger charge is 2.23. The summed E-state index contributed by atoms with van der Waals surface area (Å²) in [7, 11) is -4.19. The maximum atomic E-state index is 12.5. The fourth-order valence-electron chi connectivity index (χ4n) is 2.74. The predicted molar refractivity (Wildman–Crippen MR) is 104 cm³/mol. The van der Waals surface area contributed by atoms with Crippen LogP contribution in [0.5, 0.6) is 0 Å². The first-order chi connectivity index (χ1) is 13.7. The fraction of sp³-hybridized carbons (Fsp3) is 0.158. The summed E-state index contributed by atoms with van der Waals surface area (Å²) in [5, 5.41) is 10.8. The van der Waals surface area contributed by atoms with E-state index in [2.05, 4.69) is 4.98 Å². The maximum absolute atomic E-state index is 12.5. The first-order valence-electron chi connectivity index (χ1n) is 8.50. The van der Waals surface area contributed by atoms with Crippen LogP contribution in [0.25, 0.3) is 11.5 Å². The summed E-state index contributed by atoms with van der Waals surface area (Å²) in [6, 6.07) is 12.4. The monoisotopic (exact) mass is 415 g/mol. The Morgan fingerprint density at radius 1 is 1.17 bits per heavy atom. The quantitative estimate of drug-likeness (QED) is 0.483. The number of oxazole rings is 1. The van der Waals surface area contributed by atoms with Crippen LogP contribution >= 0.6 is 0 Å². The molecule has 1 heterocycles. The Hall–Kier alpha value is -3.53. The molecule has 0 atom stereocenters. The van der Waals surface area contributed by atoms with E-state index in [1.165, 1.54) is 6.92 Å². The number of hydrogen-bond donors (Lipinski definition) is 1. The zero-order chi connectivity index (χ0) is 21.2. The number of nitrogens with zero attached hydrogens (tertiary/aromatic N) is 2. The van der Waals surface area contributed by atoms with Crippen LogP contribution in [0.15, 0.2) is 57.8 Å². The van der Waals surface area contributed by atoms with Crippen LogP contribution in [0, 0.1) is 24.0 Å². The SMILES string of the molecule is Cc1cc([N+](=O)[O-])ccc1S(=O)(=O)NC(=O)Cc1nc(-c2ccccc2)oc1C. The number of amides is 1. The van der Waals surface area contributed by atoms with Crippen molar-refractivity contribution in [1.82, 2.24) is 9.71 Å². The van der Waals surface area contributed by atoms with Crippen LogP contribution in [0.2, 0.25) is 0 Å². The Bertz CT molecular complexity index is 1190. The second-order valence-electron chi connectivity index (χ2n) is 6.30. The molecule has 0 aliphatic carbocycles. The first-order valence-corrected chi connectivity index (χ1v) is 9.98. The third kappa shape index (κ3) is 4.49. The third-order valence-electron chi connectivity index (χ3n) is 4.15. The zero-order valence-corrected chi connectivity index (χ0v) is 16.4. The minimum Gasteiger partial charge on any atom is -0.441 e. The van der Waals surface area contributed by atoms with Crippen LogP contribution < -0.4 is 4.72 Å². The molecule has 150 valence electrons. The van der Waals surface area contributed by atoms with Gasteiger partial charge >= 0.3 is 0 Å². The van der Waals surface area contributed by atoms with E-state index in [-0.39, 0.29) is 22.6 Å². The van der Waals surface area contributed by atoms with Gasteiger partial charge in [-0.2, -0.15) is 0 Å². The lowest BCUT2D eigenvalue weighted by molar-refractivity contribution is -0.385. The highest BCUT2D eigenvalue weighted by atomic mass is 32.2. The van der Waals surface area contributed by atoms with E-state index in [0.717, 1.165) is 23.8 Å². The van der Waals surface area contributed by atoms with Crippen LogP contribution in [-0.2, 0) is 21.2 Å². The molecule has 1 amide bonds. The van der Waals surface area contributed by atoms with Gasteiger partial charge in [-0.15, -0.1) is 0 Å². The van der Waals surface area contributed by atoms with E-state index in [1.807, 2.05) is 22.9 Å². The molecular weight excluding hydrogens is 398 g/mol. The van der Waals surface area contributed by atoms with Gasteiger partial charge in [0.1, 0.15) is 5.76 Å². The molecule has 2 aromatic carbocycles. The number of nitro groups is 1. The third-order valence-corrected chi connectivity index (χ3v) is 5.68. The van der Waals surface area contributed by atoms with Gasteiger partial charge in [0.15, 0.2) is 0 Å². The number of hydrogen-bond acceptors (Lipinski definition) is 7. The van der Waals surface area contributed by atoms with E-state index in [9.17, 15) is 23.3 Å². The van der Waals surface area contributed by atoms with E-state index in [4.69, 9.17) is 4.42 Å². The molecule has 0 saturated carbocycles. The van der Waals surface area contributed by atoms with Gasteiger partial charge in [0.2, 0.25) is 11.8 Å². The van der Waals surface area contributed by atoms with Gasteiger partial charge in [0, 0.05) is 17.7 Å². The lowest BCUT2D eigenvalue weighted by Gasteiger charge is -2.08. The van der Waals surface area contributed by atoms with Crippen LogP contribution in [0.4, 0.5) is 5.69 Å². The molecule has 0 spiro atoms. The molecule has 3 aromatic rings.